The van der Waals surface area contributed by atoms with Crippen molar-refractivity contribution in [2.24, 2.45) is 23.7 Å². The summed E-state index contributed by atoms with van der Waals surface area (Å²) in [6.07, 6.45) is 2.80. The van der Waals surface area contributed by atoms with Gasteiger partial charge in [0.1, 0.15) is 0 Å². The first-order valence-corrected chi connectivity index (χ1v) is 5.43. The van der Waals surface area contributed by atoms with E-state index in [-0.39, 0.29) is 7.43 Å². The largest absolute Gasteiger partial charge is 0.0776 e. The summed E-state index contributed by atoms with van der Waals surface area (Å²) in [5.74, 6) is 3.51. The molecule has 0 nitrogen and oxygen atoms in total. The zero-order valence-corrected chi connectivity index (χ0v) is 9.72. The Morgan fingerprint density at radius 2 is 1.00 bits per heavy atom. The van der Waals surface area contributed by atoms with Crippen LogP contribution >= 0.6 is 0 Å². The molecule has 0 unspecified atom stereocenters. The van der Waals surface area contributed by atoms with Crippen LogP contribution in [0.25, 0.3) is 0 Å². The van der Waals surface area contributed by atoms with Gasteiger partial charge in [-0.1, -0.05) is 49.0 Å². The Labute approximate surface area is 86.1 Å². The highest BCUT2D eigenvalue weighted by molar-refractivity contribution is 4.66. The van der Waals surface area contributed by atoms with Crippen molar-refractivity contribution in [3.63, 3.8) is 0 Å². The third kappa shape index (κ3) is 8.33. The van der Waals surface area contributed by atoms with E-state index >= 15 is 0 Å². The van der Waals surface area contributed by atoms with Crippen LogP contribution in [0.1, 0.15) is 61.8 Å². The van der Waals surface area contributed by atoms with Crippen molar-refractivity contribution in [2.45, 2.75) is 61.8 Å². The fourth-order valence-electron chi connectivity index (χ4n) is 1.85. The first-order valence-electron chi connectivity index (χ1n) is 5.43. The summed E-state index contributed by atoms with van der Waals surface area (Å²) in [4.78, 5) is 0. The Morgan fingerprint density at radius 3 is 1.15 bits per heavy atom. The quantitative estimate of drug-likeness (QED) is 0.567. The normalized spacial score (nSPS) is 11.5. The standard InChI is InChI=1S/C12H26.CH4/c1-9(2)7-12(11(5)6)8-10(3)4;/h9-12H,7-8H2,1-6H3;1H4. The first kappa shape index (κ1) is 15.5. The van der Waals surface area contributed by atoms with Gasteiger partial charge in [0.15, 0.2) is 0 Å². The minimum atomic E-state index is 0. The van der Waals surface area contributed by atoms with Crippen LogP contribution in [-0.4, -0.2) is 0 Å². The van der Waals surface area contributed by atoms with Gasteiger partial charge >= 0.3 is 0 Å². The molecule has 0 spiro atoms. The molecule has 0 rings (SSSR count). The van der Waals surface area contributed by atoms with E-state index in [1.807, 2.05) is 0 Å². The van der Waals surface area contributed by atoms with Gasteiger partial charge in [-0.05, 0) is 36.5 Å². The second-order valence-corrected chi connectivity index (χ2v) is 5.26. The zero-order chi connectivity index (χ0) is 9.72. The van der Waals surface area contributed by atoms with Gasteiger partial charge in [0.25, 0.3) is 0 Å². The average Bonchev–Trinajstić information content (AvgIpc) is 1.83. The van der Waals surface area contributed by atoms with E-state index in [4.69, 9.17) is 0 Å². The number of hydrogen-bond donors (Lipinski definition) is 0. The molecule has 0 heterocycles. The molecule has 0 fully saturated rings. The maximum atomic E-state index is 2.36. The van der Waals surface area contributed by atoms with E-state index in [1.165, 1.54) is 12.8 Å². The van der Waals surface area contributed by atoms with Crippen LogP contribution in [-0.2, 0) is 0 Å². The number of rotatable bonds is 5. The van der Waals surface area contributed by atoms with Gasteiger partial charge in [0.05, 0.1) is 0 Å². The van der Waals surface area contributed by atoms with Crippen LogP contribution in [0.4, 0.5) is 0 Å². The Hall–Kier alpha value is 0. The lowest BCUT2D eigenvalue weighted by atomic mass is 9.82. The van der Waals surface area contributed by atoms with Gasteiger partial charge in [-0.15, -0.1) is 0 Å². The van der Waals surface area contributed by atoms with Crippen molar-refractivity contribution in [3.05, 3.63) is 0 Å². The van der Waals surface area contributed by atoms with Crippen LogP contribution in [0.5, 0.6) is 0 Å². The SMILES string of the molecule is C.CC(C)CC(CC(C)C)C(C)C. The highest BCUT2D eigenvalue weighted by Gasteiger charge is 2.15. The minimum absolute atomic E-state index is 0. The third-order valence-electron chi connectivity index (χ3n) is 2.49. The van der Waals surface area contributed by atoms with Gasteiger partial charge in [-0.2, -0.15) is 0 Å². The molecule has 0 atom stereocenters. The van der Waals surface area contributed by atoms with Crippen molar-refractivity contribution in [3.8, 4) is 0 Å². The molecule has 0 aromatic rings. The highest BCUT2D eigenvalue weighted by Crippen LogP contribution is 2.26. The van der Waals surface area contributed by atoms with Gasteiger partial charge < -0.3 is 0 Å². The molecule has 0 bridgehead atoms. The lowest BCUT2D eigenvalue weighted by Crippen LogP contribution is -2.14. The lowest BCUT2D eigenvalue weighted by molar-refractivity contribution is 0.268. The molecule has 0 aliphatic carbocycles. The summed E-state index contributed by atoms with van der Waals surface area (Å²) >= 11 is 0. The number of hydrogen-bond acceptors (Lipinski definition) is 0. The zero-order valence-electron chi connectivity index (χ0n) is 9.72. The molecular weight excluding hydrogens is 156 g/mol. The summed E-state index contributed by atoms with van der Waals surface area (Å²) < 4.78 is 0. The van der Waals surface area contributed by atoms with E-state index < -0.39 is 0 Å². The summed E-state index contributed by atoms with van der Waals surface area (Å²) in [6.45, 7) is 14.0. The smallest absolute Gasteiger partial charge is 0.0386 e. The molecule has 0 heteroatoms. The molecular formula is C13H30. The molecule has 0 saturated heterocycles. The fraction of sp³-hybridized carbons (Fsp3) is 1.00. The molecule has 0 saturated carbocycles. The molecule has 0 aliphatic heterocycles. The molecule has 13 heavy (non-hydrogen) atoms. The molecule has 0 N–H and O–H groups in total. The van der Waals surface area contributed by atoms with E-state index in [9.17, 15) is 0 Å². The fourth-order valence-corrected chi connectivity index (χ4v) is 1.85. The predicted molar refractivity (Wildman–Crippen MR) is 64.0 cm³/mol. The van der Waals surface area contributed by atoms with Crippen molar-refractivity contribution in [1.29, 1.82) is 0 Å². The summed E-state index contributed by atoms with van der Waals surface area (Å²) in [6, 6.07) is 0. The monoisotopic (exact) mass is 186 g/mol. The van der Waals surface area contributed by atoms with E-state index in [1.54, 1.807) is 0 Å². The van der Waals surface area contributed by atoms with E-state index in [2.05, 4.69) is 41.5 Å². The molecule has 0 radical (unpaired) electrons. The van der Waals surface area contributed by atoms with Crippen LogP contribution in [0, 0.1) is 23.7 Å². The molecule has 82 valence electrons. The van der Waals surface area contributed by atoms with Crippen molar-refractivity contribution in [1.82, 2.24) is 0 Å². The molecule has 0 aromatic heterocycles. The Kier molecular flexibility index (Phi) is 8.82. The van der Waals surface area contributed by atoms with Crippen molar-refractivity contribution in [2.75, 3.05) is 0 Å². The first-order chi connectivity index (χ1) is 5.43. The summed E-state index contributed by atoms with van der Waals surface area (Å²) in [7, 11) is 0. The topological polar surface area (TPSA) is 0 Å². The molecule has 0 aromatic carbocycles. The Bertz CT molecular complexity index is 90.6. The Balaban J connectivity index is 0. The second kappa shape index (κ2) is 7.41. The predicted octanol–water partition coefficient (Wildman–Crippen LogP) is 4.99. The van der Waals surface area contributed by atoms with Gasteiger partial charge in [0.2, 0.25) is 0 Å². The summed E-state index contributed by atoms with van der Waals surface area (Å²) in [5, 5.41) is 0. The van der Waals surface area contributed by atoms with Crippen LogP contribution in [0.2, 0.25) is 0 Å². The average molecular weight is 186 g/mol. The van der Waals surface area contributed by atoms with Crippen LogP contribution < -0.4 is 0 Å². The maximum absolute atomic E-state index is 2.36. The van der Waals surface area contributed by atoms with E-state index in [0.29, 0.717) is 0 Å². The maximum Gasteiger partial charge on any atom is -0.0386 e. The van der Waals surface area contributed by atoms with Gasteiger partial charge in [-0.3, -0.25) is 0 Å². The van der Waals surface area contributed by atoms with Crippen LogP contribution in [0.15, 0.2) is 0 Å². The molecule has 0 aliphatic rings. The van der Waals surface area contributed by atoms with Crippen LogP contribution in [0.3, 0.4) is 0 Å². The minimum Gasteiger partial charge on any atom is -0.0776 e. The third-order valence-corrected chi connectivity index (χ3v) is 2.49. The van der Waals surface area contributed by atoms with Gasteiger partial charge in [-0.25, -0.2) is 0 Å². The highest BCUT2D eigenvalue weighted by atomic mass is 14.2. The second-order valence-electron chi connectivity index (χ2n) is 5.26. The van der Waals surface area contributed by atoms with Crippen molar-refractivity contribution < 1.29 is 0 Å². The molecule has 0 amide bonds. The van der Waals surface area contributed by atoms with Gasteiger partial charge in [0, 0.05) is 0 Å². The lowest BCUT2D eigenvalue weighted by Gasteiger charge is -2.24. The Morgan fingerprint density at radius 1 is 0.692 bits per heavy atom. The van der Waals surface area contributed by atoms with Crippen molar-refractivity contribution >= 4 is 0 Å². The van der Waals surface area contributed by atoms with E-state index in [0.717, 1.165) is 23.7 Å². The summed E-state index contributed by atoms with van der Waals surface area (Å²) in [5.41, 5.74) is 0.